The number of hydrogen-bond donors (Lipinski definition) is 1. The van der Waals surface area contributed by atoms with Crippen LogP contribution < -0.4 is 15.2 Å². The highest BCUT2D eigenvalue weighted by Gasteiger charge is 2.12. The molecule has 2 rings (SSSR count). The summed E-state index contributed by atoms with van der Waals surface area (Å²) >= 11 is 1.35. The first kappa shape index (κ1) is 14.1. The van der Waals surface area contributed by atoms with E-state index in [4.69, 9.17) is 15.2 Å². The summed E-state index contributed by atoms with van der Waals surface area (Å²) in [6.45, 7) is 0.271. The van der Waals surface area contributed by atoms with Gasteiger partial charge in [0, 0.05) is 0 Å². The van der Waals surface area contributed by atoms with Crippen LogP contribution in [0.2, 0.25) is 0 Å². The number of amidine groups is 1. The third-order valence-corrected chi connectivity index (χ3v) is 2.47. The van der Waals surface area contributed by atoms with Crippen LogP contribution in [0.15, 0.2) is 28.4 Å². The van der Waals surface area contributed by atoms with Crippen LogP contribution in [0.3, 0.4) is 0 Å². The molecule has 0 spiro atoms. The summed E-state index contributed by atoms with van der Waals surface area (Å²) in [5.41, 5.74) is 6.37. The molecule has 0 bridgehead atoms. The van der Waals surface area contributed by atoms with E-state index in [9.17, 15) is 0 Å². The lowest BCUT2D eigenvalue weighted by Gasteiger charge is -1.96. The molecule has 0 amide bonds. The average molecular weight is 365 g/mol. The number of hydrogen-bond acceptors (Lipinski definition) is 5. The quantitative estimate of drug-likeness (QED) is 0.377. The first-order chi connectivity index (χ1) is 7.79. The molecule has 5 nitrogen and oxygen atoms in total. The summed E-state index contributed by atoms with van der Waals surface area (Å²) in [5, 5.41) is 8.07. The van der Waals surface area contributed by atoms with Gasteiger partial charge in [-0.1, -0.05) is 11.8 Å². The number of rotatable bonds is 2. The van der Waals surface area contributed by atoms with Crippen molar-refractivity contribution in [2.75, 3.05) is 13.0 Å². The number of thioether (sulfide) groups is 1. The van der Waals surface area contributed by atoms with E-state index in [1.165, 1.54) is 11.8 Å². The summed E-state index contributed by atoms with van der Waals surface area (Å²) in [6, 6.07) is 5.56. The number of nitrogens with zero attached hydrogens (tertiary/aromatic N) is 2. The van der Waals surface area contributed by atoms with Gasteiger partial charge in [-0.15, -0.1) is 29.1 Å². The predicted molar refractivity (Wildman–Crippen MR) is 80.7 cm³/mol. The van der Waals surface area contributed by atoms with Crippen molar-refractivity contribution in [1.82, 2.24) is 0 Å². The first-order valence-corrected chi connectivity index (χ1v) is 5.82. The SMILES string of the molecule is CSC(N)=NN=Cc1ccc2c(c1)OCO2.I. The largest absolute Gasteiger partial charge is 0.454 e. The van der Waals surface area contributed by atoms with E-state index in [1.807, 2.05) is 24.5 Å². The van der Waals surface area contributed by atoms with Gasteiger partial charge in [-0.25, -0.2) is 0 Å². The van der Waals surface area contributed by atoms with Crippen LogP contribution >= 0.6 is 35.7 Å². The van der Waals surface area contributed by atoms with Gasteiger partial charge >= 0.3 is 0 Å². The van der Waals surface area contributed by atoms with Crippen LogP contribution in [0, 0.1) is 0 Å². The van der Waals surface area contributed by atoms with Crippen LogP contribution in [-0.4, -0.2) is 24.4 Å². The highest BCUT2D eigenvalue weighted by atomic mass is 127. The van der Waals surface area contributed by atoms with Crippen LogP contribution in [-0.2, 0) is 0 Å². The van der Waals surface area contributed by atoms with Crippen molar-refractivity contribution < 1.29 is 9.47 Å². The normalized spacial score (nSPS) is 13.8. The zero-order valence-corrected chi connectivity index (χ0v) is 12.3. The summed E-state index contributed by atoms with van der Waals surface area (Å²) in [7, 11) is 0. The second-order valence-corrected chi connectivity index (χ2v) is 3.83. The van der Waals surface area contributed by atoms with Gasteiger partial charge < -0.3 is 15.2 Å². The van der Waals surface area contributed by atoms with Crippen molar-refractivity contribution in [3.05, 3.63) is 23.8 Å². The lowest BCUT2D eigenvalue weighted by atomic mass is 10.2. The van der Waals surface area contributed by atoms with Gasteiger partial charge in [0.2, 0.25) is 6.79 Å². The lowest BCUT2D eigenvalue weighted by molar-refractivity contribution is 0.174. The van der Waals surface area contributed by atoms with Crippen LogP contribution in [0.1, 0.15) is 5.56 Å². The van der Waals surface area contributed by atoms with Crippen molar-refractivity contribution in [2.24, 2.45) is 15.9 Å². The zero-order valence-electron chi connectivity index (χ0n) is 9.12. The Bertz CT molecular complexity index is 451. The third-order valence-electron chi connectivity index (χ3n) is 1.97. The van der Waals surface area contributed by atoms with Gasteiger partial charge in [-0.05, 0) is 30.0 Å². The molecule has 0 aromatic heterocycles. The number of benzene rings is 1. The van der Waals surface area contributed by atoms with E-state index < -0.39 is 0 Å². The van der Waals surface area contributed by atoms with Crippen LogP contribution in [0.5, 0.6) is 11.5 Å². The molecule has 0 radical (unpaired) electrons. The summed E-state index contributed by atoms with van der Waals surface area (Å²) < 4.78 is 10.4. The molecular weight excluding hydrogens is 353 g/mol. The van der Waals surface area contributed by atoms with Crippen molar-refractivity contribution >= 4 is 47.1 Å². The number of fused-ring (bicyclic) bond motifs is 1. The van der Waals surface area contributed by atoms with Gasteiger partial charge in [0.05, 0.1) is 6.21 Å². The Morgan fingerprint density at radius 2 is 2.18 bits per heavy atom. The number of ether oxygens (including phenoxy) is 2. The number of nitrogens with two attached hydrogens (primary N) is 1. The topological polar surface area (TPSA) is 69.2 Å². The smallest absolute Gasteiger partial charge is 0.231 e. The summed E-state index contributed by atoms with van der Waals surface area (Å²) in [6.07, 6.45) is 3.46. The molecule has 1 heterocycles. The Balaban J connectivity index is 0.00000144. The van der Waals surface area contributed by atoms with E-state index in [-0.39, 0.29) is 30.8 Å². The van der Waals surface area contributed by atoms with Gasteiger partial charge in [-0.2, -0.15) is 5.10 Å². The molecular formula is C10H12IN3O2S. The fourth-order valence-corrected chi connectivity index (χ4v) is 1.32. The van der Waals surface area contributed by atoms with Crippen molar-refractivity contribution in [3.63, 3.8) is 0 Å². The molecule has 17 heavy (non-hydrogen) atoms. The fraction of sp³-hybridized carbons (Fsp3) is 0.200. The Morgan fingerprint density at radius 3 is 2.94 bits per heavy atom. The maximum Gasteiger partial charge on any atom is 0.231 e. The predicted octanol–water partition coefficient (Wildman–Crippen LogP) is 2.04. The summed E-state index contributed by atoms with van der Waals surface area (Å²) in [4.78, 5) is 0. The van der Waals surface area contributed by atoms with E-state index in [0.717, 1.165) is 17.1 Å². The Kier molecular flexibility index (Phi) is 5.56. The van der Waals surface area contributed by atoms with Crippen LogP contribution in [0.25, 0.3) is 0 Å². The van der Waals surface area contributed by atoms with Crippen molar-refractivity contribution in [3.8, 4) is 11.5 Å². The lowest BCUT2D eigenvalue weighted by Crippen LogP contribution is -2.03. The van der Waals surface area contributed by atoms with Crippen molar-refractivity contribution in [2.45, 2.75) is 0 Å². The molecule has 0 atom stereocenters. The Hall–Kier alpha value is -0.960. The minimum atomic E-state index is 0. The molecule has 1 aliphatic rings. The second kappa shape index (κ2) is 6.70. The minimum Gasteiger partial charge on any atom is -0.454 e. The van der Waals surface area contributed by atoms with Gasteiger partial charge in [0.25, 0.3) is 0 Å². The van der Waals surface area contributed by atoms with Crippen molar-refractivity contribution in [1.29, 1.82) is 0 Å². The molecule has 0 saturated carbocycles. The average Bonchev–Trinajstić information content (AvgIpc) is 2.76. The molecule has 7 heteroatoms. The molecule has 0 unspecified atom stereocenters. The third kappa shape index (κ3) is 3.77. The molecule has 0 fully saturated rings. The first-order valence-electron chi connectivity index (χ1n) is 4.60. The van der Waals surface area contributed by atoms with Crippen LogP contribution in [0.4, 0.5) is 0 Å². The Labute approximate surface area is 120 Å². The highest BCUT2D eigenvalue weighted by molar-refractivity contribution is 14.0. The maximum absolute atomic E-state index is 5.48. The fourth-order valence-electron chi connectivity index (χ4n) is 1.19. The molecule has 1 aliphatic heterocycles. The van der Waals surface area contributed by atoms with E-state index in [2.05, 4.69) is 10.2 Å². The van der Waals surface area contributed by atoms with Gasteiger partial charge in [0.1, 0.15) is 0 Å². The highest BCUT2D eigenvalue weighted by Crippen LogP contribution is 2.31. The Morgan fingerprint density at radius 1 is 1.41 bits per heavy atom. The molecule has 92 valence electrons. The van der Waals surface area contributed by atoms with E-state index in [1.54, 1.807) is 6.21 Å². The van der Waals surface area contributed by atoms with Gasteiger partial charge in [0.15, 0.2) is 16.7 Å². The monoisotopic (exact) mass is 365 g/mol. The maximum atomic E-state index is 5.48. The molecule has 1 aromatic rings. The van der Waals surface area contributed by atoms with E-state index in [0.29, 0.717) is 5.17 Å². The summed E-state index contributed by atoms with van der Waals surface area (Å²) in [5.74, 6) is 1.48. The zero-order chi connectivity index (χ0) is 11.4. The minimum absolute atomic E-state index is 0. The molecule has 0 aliphatic carbocycles. The standard InChI is InChI=1S/C10H11N3O2S.HI/c1-16-10(11)13-12-5-7-2-3-8-9(4-7)15-6-14-8;/h2-5H,6H2,1H3,(H2,11,13);1H. The second-order valence-electron chi connectivity index (χ2n) is 3.00. The molecule has 1 aromatic carbocycles. The molecule has 2 N–H and O–H groups in total. The number of halogens is 1. The van der Waals surface area contributed by atoms with Gasteiger partial charge in [-0.3, -0.25) is 0 Å². The molecule has 0 saturated heterocycles. The van der Waals surface area contributed by atoms with E-state index >= 15 is 0 Å².